The first-order chi connectivity index (χ1) is 8.11. The topological polar surface area (TPSA) is 55.1 Å². The lowest BCUT2D eigenvalue weighted by molar-refractivity contribution is -0.125. The molecule has 2 unspecified atom stereocenters. The van der Waals surface area contributed by atoms with E-state index >= 15 is 0 Å². The number of carbonyl (C=O) groups excluding carboxylic acids is 1. The number of hydrogen-bond acceptors (Lipinski definition) is 2. The largest absolute Gasteiger partial charge is 0.356 e. The number of hydrogen-bond donors (Lipinski definition) is 2. The van der Waals surface area contributed by atoms with Crippen LogP contribution in [0.5, 0.6) is 0 Å². The van der Waals surface area contributed by atoms with Gasteiger partial charge in [-0.1, -0.05) is 39.0 Å². The Bertz CT molecular complexity index is 220. The predicted octanol–water partition coefficient (Wildman–Crippen LogP) is 2.45. The normalized spacial score (nSPS) is 22.3. The van der Waals surface area contributed by atoms with Crippen molar-refractivity contribution >= 4 is 5.91 Å². The molecule has 1 saturated carbocycles. The van der Waals surface area contributed by atoms with Gasteiger partial charge in [-0.25, -0.2) is 0 Å². The smallest absolute Gasteiger partial charge is 0.224 e. The second-order valence-electron chi connectivity index (χ2n) is 5.60. The molecule has 3 N–H and O–H groups in total. The van der Waals surface area contributed by atoms with Crippen LogP contribution in [0.2, 0.25) is 0 Å². The van der Waals surface area contributed by atoms with E-state index in [-0.39, 0.29) is 17.9 Å². The van der Waals surface area contributed by atoms with Gasteiger partial charge in [-0.2, -0.15) is 0 Å². The highest BCUT2D eigenvalue weighted by molar-refractivity contribution is 5.78. The van der Waals surface area contributed by atoms with Crippen LogP contribution >= 0.6 is 0 Å². The summed E-state index contributed by atoms with van der Waals surface area (Å²) in [5.74, 6) is 0.713. The summed E-state index contributed by atoms with van der Waals surface area (Å²) in [4.78, 5) is 11.8. The Hall–Kier alpha value is -0.570. The van der Waals surface area contributed by atoms with Crippen molar-refractivity contribution in [3.63, 3.8) is 0 Å². The van der Waals surface area contributed by atoms with Crippen LogP contribution in [0.25, 0.3) is 0 Å². The SMILES string of the molecule is CC(N)C(C)C(=O)NCC1CCCCCCC1. The van der Waals surface area contributed by atoms with Crippen LogP contribution in [0.15, 0.2) is 0 Å². The summed E-state index contributed by atoms with van der Waals surface area (Å²) >= 11 is 0. The maximum absolute atomic E-state index is 11.8. The Balaban J connectivity index is 2.25. The van der Waals surface area contributed by atoms with Crippen LogP contribution in [0, 0.1) is 11.8 Å². The Morgan fingerprint density at radius 1 is 1.18 bits per heavy atom. The summed E-state index contributed by atoms with van der Waals surface area (Å²) in [5.41, 5.74) is 5.73. The standard InChI is InChI=1S/C14H28N2O/c1-11(12(2)15)14(17)16-10-13-8-6-4-3-5-7-9-13/h11-13H,3-10,15H2,1-2H3,(H,16,17). The highest BCUT2D eigenvalue weighted by Gasteiger charge is 2.18. The summed E-state index contributed by atoms with van der Waals surface area (Å²) in [5, 5.41) is 3.06. The highest BCUT2D eigenvalue weighted by atomic mass is 16.1. The van der Waals surface area contributed by atoms with Crippen molar-refractivity contribution in [1.82, 2.24) is 5.32 Å². The summed E-state index contributed by atoms with van der Waals surface area (Å²) in [6.45, 7) is 4.63. The minimum absolute atomic E-state index is 0.0627. The fraction of sp³-hybridized carbons (Fsp3) is 0.929. The maximum atomic E-state index is 11.8. The zero-order valence-electron chi connectivity index (χ0n) is 11.4. The number of rotatable bonds is 4. The predicted molar refractivity (Wildman–Crippen MR) is 71.6 cm³/mol. The van der Waals surface area contributed by atoms with Gasteiger partial charge in [0.05, 0.1) is 0 Å². The van der Waals surface area contributed by atoms with Crippen LogP contribution in [-0.4, -0.2) is 18.5 Å². The van der Waals surface area contributed by atoms with Gasteiger partial charge in [0.1, 0.15) is 0 Å². The Kier molecular flexibility index (Phi) is 6.56. The third-order valence-electron chi connectivity index (χ3n) is 3.99. The molecular weight excluding hydrogens is 212 g/mol. The second-order valence-corrected chi connectivity index (χ2v) is 5.60. The summed E-state index contributed by atoms with van der Waals surface area (Å²) in [6, 6.07) is -0.0627. The molecule has 17 heavy (non-hydrogen) atoms. The van der Waals surface area contributed by atoms with Gasteiger partial charge in [0.25, 0.3) is 0 Å². The van der Waals surface area contributed by atoms with Crippen LogP contribution < -0.4 is 11.1 Å². The third-order valence-corrected chi connectivity index (χ3v) is 3.99. The zero-order chi connectivity index (χ0) is 12.7. The molecule has 0 aromatic heterocycles. The number of nitrogens with one attached hydrogen (secondary N) is 1. The molecule has 0 spiro atoms. The lowest BCUT2D eigenvalue weighted by Gasteiger charge is -2.22. The molecule has 0 aromatic rings. The Morgan fingerprint density at radius 2 is 1.71 bits per heavy atom. The van der Waals surface area contributed by atoms with E-state index in [1.165, 1.54) is 44.9 Å². The van der Waals surface area contributed by atoms with E-state index < -0.39 is 0 Å². The van der Waals surface area contributed by atoms with E-state index in [1.54, 1.807) is 0 Å². The van der Waals surface area contributed by atoms with E-state index in [1.807, 2.05) is 13.8 Å². The monoisotopic (exact) mass is 240 g/mol. The molecule has 3 nitrogen and oxygen atoms in total. The zero-order valence-corrected chi connectivity index (χ0v) is 11.4. The van der Waals surface area contributed by atoms with Crippen molar-refractivity contribution < 1.29 is 4.79 Å². The molecule has 1 rings (SSSR count). The van der Waals surface area contributed by atoms with Crippen molar-refractivity contribution in [3.8, 4) is 0 Å². The highest BCUT2D eigenvalue weighted by Crippen LogP contribution is 2.21. The Morgan fingerprint density at radius 3 is 2.24 bits per heavy atom. The second kappa shape index (κ2) is 7.70. The first-order valence-corrected chi connectivity index (χ1v) is 7.14. The molecular formula is C14H28N2O. The van der Waals surface area contributed by atoms with Crippen molar-refractivity contribution in [1.29, 1.82) is 0 Å². The molecule has 1 aliphatic carbocycles. The first kappa shape index (κ1) is 14.5. The van der Waals surface area contributed by atoms with E-state index in [4.69, 9.17) is 5.73 Å². The van der Waals surface area contributed by atoms with Gasteiger partial charge in [-0.15, -0.1) is 0 Å². The molecule has 0 heterocycles. The van der Waals surface area contributed by atoms with Crippen LogP contribution in [0.1, 0.15) is 58.8 Å². The fourth-order valence-corrected chi connectivity index (χ4v) is 2.39. The molecule has 1 fully saturated rings. The van der Waals surface area contributed by atoms with Gasteiger partial charge in [-0.05, 0) is 25.7 Å². The molecule has 0 bridgehead atoms. The maximum Gasteiger partial charge on any atom is 0.224 e. The molecule has 3 heteroatoms. The molecule has 1 amide bonds. The van der Waals surface area contributed by atoms with Crippen molar-refractivity contribution in [2.45, 2.75) is 64.8 Å². The molecule has 2 atom stereocenters. The molecule has 0 aliphatic heterocycles. The first-order valence-electron chi connectivity index (χ1n) is 7.14. The van der Waals surface area contributed by atoms with Crippen LogP contribution in [-0.2, 0) is 4.79 Å². The van der Waals surface area contributed by atoms with Crippen molar-refractivity contribution in [3.05, 3.63) is 0 Å². The van der Waals surface area contributed by atoms with Crippen LogP contribution in [0.3, 0.4) is 0 Å². The summed E-state index contributed by atoms with van der Waals surface area (Å²) in [7, 11) is 0. The average molecular weight is 240 g/mol. The third kappa shape index (κ3) is 5.53. The number of nitrogens with two attached hydrogens (primary N) is 1. The van der Waals surface area contributed by atoms with E-state index in [0.717, 1.165) is 6.54 Å². The van der Waals surface area contributed by atoms with E-state index in [0.29, 0.717) is 5.92 Å². The minimum Gasteiger partial charge on any atom is -0.356 e. The van der Waals surface area contributed by atoms with Gasteiger partial charge in [-0.3, -0.25) is 4.79 Å². The van der Waals surface area contributed by atoms with E-state index in [2.05, 4.69) is 5.32 Å². The number of amides is 1. The van der Waals surface area contributed by atoms with Crippen LogP contribution in [0.4, 0.5) is 0 Å². The Labute approximate surface area is 106 Å². The van der Waals surface area contributed by atoms with Gasteiger partial charge < -0.3 is 11.1 Å². The fourth-order valence-electron chi connectivity index (χ4n) is 2.39. The molecule has 0 saturated heterocycles. The minimum atomic E-state index is -0.0800. The van der Waals surface area contributed by atoms with Gasteiger partial charge in [0.15, 0.2) is 0 Å². The lowest BCUT2D eigenvalue weighted by atomic mass is 9.91. The summed E-state index contributed by atoms with van der Waals surface area (Å²) in [6.07, 6.45) is 9.30. The summed E-state index contributed by atoms with van der Waals surface area (Å²) < 4.78 is 0. The average Bonchev–Trinajstić information content (AvgIpc) is 2.26. The molecule has 1 aliphatic rings. The van der Waals surface area contributed by atoms with Gasteiger partial charge in [0, 0.05) is 18.5 Å². The number of carbonyl (C=O) groups is 1. The lowest BCUT2D eigenvalue weighted by Crippen LogP contribution is -2.40. The molecule has 0 aromatic carbocycles. The van der Waals surface area contributed by atoms with Crippen molar-refractivity contribution in [2.24, 2.45) is 17.6 Å². The molecule has 0 radical (unpaired) electrons. The van der Waals surface area contributed by atoms with Gasteiger partial charge in [0.2, 0.25) is 5.91 Å². The van der Waals surface area contributed by atoms with Crippen molar-refractivity contribution in [2.75, 3.05) is 6.54 Å². The molecule has 100 valence electrons. The van der Waals surface area contributed by atoms with E-state index in [9.17, 15) is 4.79 Å². The van der Waals surface area contributed by atoms with Gasteiger partial charge >= 0.3 is 0 Å². The quantitative estimate of drug-likeness (QED) is 0.793.